The van der Waals surface area contributed by atoms with Crippen molar-refractivity contribution in [2.75, 3.05) is 39.2 Å². The summed E-state index contributed by atoms with van der Waals surface area (Å²) in [7, 11) is 2.98. The molecule has 1 fully saturated rings. The van der Waals surface area contributed by atoms with Gasteiger partial charge in [-0.15, -0.1) is 0 Å². The molecule has 1 N–H and O–H groups in total. The number of nitrogens with zero attached hydrogens (tertiary/aromatic N) is 2. The lowest BCUT2D eigenvalue weighted by Gasteiger charge is -2.18. The van der Waals surface area contributed by atoms with Crippen molar-refractivity contribution < 1.29 is 27.2 Å². The number of amides is 2. The molecule has 3 aromatic rings. The van der Waals surface area contributed by atoms with E-state index in [9.17, 15) is 22.8 Å². The minimum Gasteiger partial charge on any atom is -0.422 e. The van der Waals surface area contributed by atoms with Gasteiger partial charge in [-0.1, -0.05) is 12.1 Å². The van der Waals surface area contributed by atoms with Gasteiger partial charge in [-0.3, -0.25) is 9.52 Å². The molecule has 0 saturated heterocycles. The molecule has 0 atom stereocenters. The number of anilines is 1. The molecule has 2 amide bonds. The van der Waals surface area contributed by atoms with E-state index in [2.05, 4.69) is 4.72 Å². The minimum absolute atomic E-state index is 0.0363. The van der Waals surface area contributed by atoms with Gasteiger partial charge < -0.3 is 19.0 Å². The van der Waals surface area contributed by atoms with Gasteiger partial charge in [-0.2, -0.15) is 0 Å². The van der Waals surface area contributed by atoms with Gasteiger partial charge in [0.05, 0.1) is 12.7 Å². The van der Waals surface area contributed by atoms with E-state index >= 15 is 0 Å². The van der Waals surface area contributed by atoms with Crippen molar-refractivity contribution in [1.29, 1.82) is 0 Å². The van der Waals surface area contributed by atoms with Crippen LogP contribution >= 0.6 is 0 Å². The summed E-state index contributed by atoms with van der Waals surface area (Å²) in [6, 6.07) is 10.1. The number of hydrogen-bond acceptors (Lipinski definition) is 7. The average Bonchev–Trinajstić information content (AvgIpc) is 3.65. The third-order valence-corrected chi connectivity index (χ3v) is 7.11. The predicted molar refractivity (Wildman–Crippen MR) is 149 cm³/mol. The second-order valence-corrected chi connectivity index (χ2v) is 12.2. The Labute approximate surface area is 227 Å². The fourth-order valence-corrected chi connectivity index (χ4v) is 4.85. The molecule has 1 aromatic heterocycles. The number of likely N-dealkylation sites (N-methyl/N-ethyl adjacent to an activating group) is 1. The monoisotopic (exact) mass is 555 g/mol. The largest absolute Gasteiger partial charge is 0.422 e. The Bertz CT molecular complexity index is 1590. The highest BCUT2D eigenvalue weighted by molar-refractivity contribution is 7.92. The van der Waals surface area contributed by atoms with Crippen LogP contribution in [0.4, 0.5) is 10.5 Å². The lowest BCUT2D eigenvalue weighted by Crippen LogP contribution is -2.26. The Morgan fingerprint density at radius 2 is 1.77 bits per heavy atom. The fourth-order valence-electron chi connectivity index (χ4n) is 4.30. The molecule has 208 valence electrons. The van der Waals surface area contributed by atoms with Crippen LogP contribution in [0, 0.1) is 5.92 Å². The molecule has 0 spiro atoms. The Morgan fingerprint density at radius 1 is 1.05 bits per heavy atom. The van der Waals surface area contributed by atoms with Crippen molar-refractivity contribution in [2.24, 2.45) is 5.92 Å². The summed E-state index contributed by atoms with van der Waals surface area (Å²) in [5.41, 5.74) is 2.28. The number of fused-ring (bicyclic) bond motifs is 1. The molecule has 1 aliphatic rings. The summed E-state index contributed by atoms with van der Waals surface area (Å²) in [5.74, 6) is 0.613. The number of benzene rings is 2. The quantitative estimate of drug-likeness (QED) is 0.401. The summed E-state index contributed by atoms with van der Waals surface area (Å²) in [5, 5.41) is 0.602. The van der Waals surface area contributed by atoms with Crippen molar-refractivity contribution in [1.82, 2.24) is 9.80 Å². The van der Waals surface area contributed by atoms with Crippen LogP contribution in [0.3, 0.4) is 0 Å². The Hall–Kier alpha value is -3.86. The maximum absolute atomic E-state index is 13.3. The molecule has 0 aliphatic heterocycles. The standard InChI is InChI=1S/C28H33N3O7S/c1-30(2)26(32)15-21-22-14-19(11-17-9-10-17)24(38-28(34)31(3)4)16-25(22)37-27(33)23(21)13-18-7-6-8-20(12-18)29-39(5,35)36/h6-8,12,14,16-17,29H,9-11,13,15H2,1-5H3. The normalized spacial score (nSPS) is 13.3. The molecule has 1 heterocycles. The van der Waals surface area contributed by atoms with Gasteiger partial charge in [0.25, 0.3) is 0 Å². The Morgan fingerprint density at radius 3 is 2.38 bits per heavy atom. The SMILES string of the molecule is CN(C)C(=O)Cc1c(Cc2cccc(NS(C)(=O)=O)c2)c(=O)oc2cc(OC(=O)N(C)C)c(CC3CC3)cc12. The number of rotatable bonds is 9. The van der Waals surface area contributed by atoms with Gasteiger partial charge in [0.1, 0.15) is 11.3 Å². The number of hydrogen-bond donors (Lipinski definition) is 1. The van der Waals surface area contributed by atoms with Crippen molar-refractivity contribution in [3.05, 3.63) is 69.1 Å². The zero-order chi connectivity index (χ0) is 28.5. The van der Waals surface area contributed by atoms with Crippen LogP contribution in [0.5, 0.6) is 5.75 Å². The van der Waals surface area contributed by atoms with E-state index in [0.717, 1.165) is 24.7 Å². The van der Waals surface area contributed by atoms with E-state index in [0.29, 0.717) is 45.9 Å². The van der Waals surface area contributed by atoms with Gasteiger partial charge in [-0.05, 0) is 60.1 Å². The van der Waals surface area contributed by atoms with Crippen molar-refractivity contribution in [2.45, 2.75) is 32.1 Å². The highest BCUT2D eigenvalue weighted by atomic mass is 32.2. The molecule has 11 heteroatoms. The lowest BCUT2D eigenvalue weighted by atomic mass is 9.94. The van der Waals surface area contributed by atoms with Crippen molar-refractivity contribution in [3.8, 4) is 5.75 Å². The first-order valence-corrected chi connectivity index (χ1v) is 14.5. The molecular weight excluding hydrogens is 522 g/mol. The number of carbonyl (C=O) groups excluding carboxylic acids is 2. The van der Waals surface area contributed by atoms with Gasteiger partial charge in [0, 0.05) is 57.3 Å². The highest BCUT2D eigenvalue weighted by Crippen LogP contribution is 2.38. The molecular formula is C28H33N3O7S. The minimum atomic E-state index is -3.48. The first-order valence-electron chi connectivity index (χ1n) is 12.6. The Balaban J connectivity index is 1.86. The van der Waals surface area contributed by atoms with E-state index in [4.69, 9.17) is 9.15 Å². The predicted octanol–water partition coefficient (Wildman–Crippen LogP) is 3.40. The van der Waals surface area contributed by atoms with E-state index in [1.807, 2.05) is 6.07 Å². The van der Waals surface area contributed by atoms with E-state index < -0.39 is 21.7 Å². The molecule has 2 aromatic carbocycles. The molecule has 1 saturated carbocycles. The van der Waals surface area contributed by atoms with Gasteiger partial charge >= 0.3 is 11.7 Å². The summed E-state index contributed by atoms with van der Waals surface area (Å²) in [6.07, 6.45) is 3.47. The highest BCUT2D eigenvalue weighted by Gasteiger charge is 2.26. The van der Waals surface area contributed by atoms with Gasteiger partial charge in [-0.25, -0.2) is 18.0 Å². The molecule has 39 heavy (non-hydrogen) atoms. The Kier molecular flexibility index (Phi) is 8.01. The molecule has 4 rings (SSSR count). The van der Waals surface area contributed by atoms with Crippen LogP contribution in [-0.2, 0) is 34.1 Å². The lowest BCUT2D eigenvalue weighted by molar-refractivity contribution is -0.127. The first kappa shape index (κ1) is 28.2. The fraction of sp³-hybridized carbons (Fsp3) is 0.393. The van der Waals surface area contributed by atoms with Crippen LogP contribution in [0.15, 0.2) is 45.6 Å². The summed E-state index contributed by atoms with van der Waals surface area (Å²) in [4.78, 5) is 41.3. The van der Waals surface area contributed by atoms with E-state index in [1.54, 1.807) is 58.5 Å². The van der Waals surface area contributed by atoms with Gasteiger partial charge in [0.2, 0.25) is 15.9 Å². The number of nitrogens with one attached hydrogen (secondary N) is 1. The third-order valence-electron chi connectivity index (χ3n) is 6.51. The molecule has 0 bridgehead atoms. The van der Waals surface area contributed by atoms with Crippen LogP contribution in [0.2, 0.25) is 0 Å². The first-order chi connectivity index (χ1) is 18.3. The maximum atomic E-state index is 13.3. The second-order valence-electron chi connectivity index (χ2n) is 10.4. The number of sulfonamides is 1. The third kappa shape index (κ3) is 7.17. The zero-order valence-corrected chi connectivity index (χ0v) is 23.6. The van der Waals surface area contributed by atoms with Crippen LogP contribution in [0.1, 0.15) is 35.1 Å². The topological polar surface area (TPSA) is 126 Å². The summed E-state index contributed by atoms with van der Waals surface area (Å²) < 4.78 is 37.2. The number of ether oxygens (including phenoxy) is 1. The van der Waals surface area contributed by atoms with Crippen molar-refractivity contribution >= 4 is 38.7 Å². The van der Waals surface area contributed by atoms with Crippen LogP contribution in [0.25, 0.3) is 11.0 Å². The molecule has 0 unspecified atom stereocenters. The van der Waals surface area contributed by atoms with Gasteiger partial charge in [0.15, 0.2) is 0 Å². The average molecular weight is 556 g/mol. The van der Waals surface area contributed by atoms with Crippen LogP contribution < -0.4 is 15.1 Å². The number of carbonyl (C=O) groups is 2. The maximum Gasteiger partial charge on any atom is 0.414 e. The molecule has 0 radical (unpaired) electrons. The van der Waals surface area contributed by atoms with E-state index in [1.165, 1.54) is 9.80 Å². The zero-order valence-electron chi connectivity index (χ0n) is 22.7. The second kappa shape index (κ2) is 11.1. The molecule has 1 aliphatic carbocycles. The smallest absolute Gasteiger partial charge is 0.414 e. The summed E-state index contributed by atoms with van der Waals surface area (Å²) >= 11 is 0. The van der Waals surface area contributed by atoms with E-state index in [-0.39, 0.29) is 24.3 Å². The van der Waals surface area contributed by atoms with Crippen LogP contribution in [-0.4, -0.2) is 64.7 Å². The summed E-state index contributed by atoms with van der Waals surface area (Å²) in [6.45, 7) is 0. The molecule has 10 nitrogen and oxygen atoms in total. The van der Waals surface area contributed by atoms with Crippen molar-refractivity contribution in [3.63, 3.8) is 0 Å².